The summed E-state index contributed by atoms with van der Waals surface area (Å²) < 4.78 is 0. The van der Waals surface area contributed by atoms with Gasteiger partial charge in [0.15, 0.2) is 0 Å². The van der Waals surface area contributed by atoms with Crippen molar-refractivity contribution in [2.75, 3.05) is 13.1 Å². The number of amides is 1. The van der Waals surface area contributed by atoms with Crippen molar-refractivity contribution < 1.29 is 4.79 Å². The van der Waals surface area contributed by atoms with Gasteiger partial charge in [-0.15, -0.1) is 11.3 Å². The van der Waals surface area contributed by atoms with Crippen LogP contribution < -0.4 is 10.6 Å². The van der Waals surface area contributed by atoms with Crippen LogP contribution in [0.25, 0.3) is 6.08 Å². The second kappa shape index (κ2) is 6.57. The maximum atomic E-state index is 11.5. The van der Waals surface area contributed by atoms with Crippen LogP contribution in [-0.2, 0) is 4.79 Å². The molecule has 1 saturated heterocycles. The van der Waals surface area contributed by atoms with Gasteiger partial charge < -0.3 is 10.6 Å². The van der Waals surface area contributed by atoms with E-state index in [0.29, 0.717) is 6.04 Å². The van der Waals surface area contributed by atoms with Crippen LogP contribution in [0.15, 0.2) is 23.6 Å². The van der Waals surface area contributed by atoms with Gasteiger partial charge in [-0.05, 0) is 43.3 Å². The number of nitrogens with one attached hydrogen (secondary N) is 2. The van der Waals surface area contributed by atoms with Gasteiger partial charge in [0.1, 0.15) is 0 Å². The van der Waals surface area contributed by atoms with Gasteiger partial charge in [-0.3, -0.25) is 4.79 Å². The molecule has 1 amide bonds. The van der Waals surface area contributed by atoms with Crippen LogP contribution >= 0.6 is 11.3 Å². The lowest BCUT2D eigenvalue weighted by atomic mass is 10.1. The molecule has 0 spiro atoms. The number of carbonyl (C=O) groups is 1. The average molecular weight is 250 g/mol. The van der Waals surface area contributed by atoms with Crippen LogP contribution in [0.4, 0.5) is 0 Å². The standard InChI is InChI=1S/C13H18N2OS/c16-13(6-5-12-4-2-10-17-12)15-9-7-11-3-1-8-14-11/h2,4-6,10-11,14H,1,3,7-9H2,(H,15,16)/b6-5+/t11-/m0/s1. The first-order valence-corrected chi connectivity index (χ1v) is 6.95. The van der Waals surface area contributed by atoms with Crippen molar-refractivity contribution >= 4 is 23.3 Å². The molecule has 1 aliphatic heterocycles. The predicted octanol–water partition coefficient (Wildman–Crippen LogP) is 2.02. The zero-order valence-electron chi connectivity index (χ0n) is 9.82. The van der Waals surface area contributed by atoms with E-state index in [0.717, 1.165) is 24.4 Å². The predicted molar refractivity (Wildman–Crippen MR) is 72.0 cm³/mol. The van der Waals surface area contributed by atoms with Crippen molar-refractivity contribution in [2.45, 2.75) is 25.3 Å². The molecule has 0 saturated carbocycles. The molecule has 0 aromatic carbocycles. The number of hydrogen-bond donors (Lipinski definition) is 2. The molecular formula is C13H18N2OS. The first-order valence-electron chi connectivity index (χ1n) is 6.07. The van der Waals surface area contributed by atoms with Crippen LogP contribution in [0.3, 0.4) is 0 Å². The lowest BCUT2D eigenvalue weighted by Crippen LogP contribution is -2.29. The molecule has 1 atom stereocenters. The van der Waals surface area contributed by atoms with Gasteiger partial charge >= 0.3 is 0 Å². The Kier molecular flexibility index (Phi) is 4.76. The minimum absolute atomic E-state index is 0.00334. The molecule has 1 aliphatic rings. The Hall–Kier alpha value is -1.13. The van der Waals surface area contributed by atoms with Gasteiger partial charge in [-0.1, -0.05) is 6.07 Å². The molecule has 1 fully saturated rings. The highest BCUT2D eigenvalue weighted by molar-refractivity contribution is 7.10. The normalized spacial score (nSPS) is 19.9. The fraction of sp³-hybridized carbons (Fsp3) is 0.462. The molecule has 2 heterocycles. The van der Waals surface area contributed by atoms with Gasteiger partial charge in [0.25, 0.3) is 0 Å². The van der Waals surface area contributed by atoms with E-state index in [2.05, 4.69) is 10.6 Å². The smallest absolute Gasteiger partial charge is 0.244 e. The largest absolute Gasteiger partial charge is 0.352 e. The van der Waals surface area contributed by atoms with Crippen LogP contribution in [0.2, 0.25) is 0 Å². The fourth-order valence-electron chi connectivity index (χ4n) is 1.98. The Bertz CT molecular complexity index is 367. The maximum absolute atomic E-state index is 11.5. The fourth-order valence-corrected chi connectivity index (χ4v) is 2.59. The number of hydrogen-bond acceptors (Lipinski definition) is 3. The lowest BCUT2D eigenvalue weighted by Gasteiger charge is -2.09. The Morgan fingerprint density at radius 1 is 1.65 bits per heavy atom. The second-order valence-electron chi connectivity index (χ2n) is 4.22. The topological polar surface area (TPSA) is 41.1 Å². The summed E-state index contributed by atoms with van der Waals surface area (Å²) in [6.45, 7) is 1.88. The van der Waals surface area contributed by atoms with Gasteiger partial charge in [-0.2, -0.15) is 0 Å². The Labute approximate surface area is 106 Å². The number of carbonyl (C=O) groups excluding carboxylic acids is 1. The van der Waals surface area contributed by atoms with Crippen LogP contribution in [0, 0.1) is 0 Å². The summed E-state index contributed by atoms with van der Waals surface area (Å²) in [6, 6.07) is 4.57. The summed E-state index contributed by atoms with van der Waals surface area (Å²) in [7, 11) is 0. The molecule has 2 rings (SSSR count). The van der Waals surface area contributed by atoms with Crippen molar-refractivity contribution in [1.82, 2.24) is 10.6 Å². The van der Waals surface area contributed by atoms with Gasteiger partial charge in [-0.25, -0.2) is 0 Å². The van der Waals surface area contributed by atoms with Gasteiger partial charge in [0, 0.05) is 23.5 Å². The van der Waals surface area contributed by atoms with Gasteiger partial charge in [0.05, 0.1) is 0 Å². The van der Waals surface area contributed by atoms with E-state index in [-0.39, 0.29) is 5.91 Å². The Balaban J connectivity index is 1.63. The minimum Gasteiger partial charge on any atom is -0.352 e. The third kappa shape index (κ3) is 4.32. The summed E-state index contributed by atoms with van der Waals surface area (Å²) >= 11 is 1.63. The lowest BCUT2D eigenvalue weighted by molar-refractivity contribution is -0.116. The zero-order chi connectivity index (χ0) is 11.9. The first-order chi connectivity index (χ1) is 8.34. The van der Waals surface area contributed by atoms with E-state index in [1.807, 2.05) is 23.6 Å². The molecule has 0 bridgehead atoms. The highest BCUT2D eigenvalue weighted by Gasteiger charge is 2.12. The zero-order valence-corrected chi connectivity index (χ0v) is 10.6. The van der Waals surface area contributed by atoms with Crippen molar-refractivity contribution in [3.05, 3.63) is 28.5 Å². The molecule has 0 aliphatic carbocycles. The van der Waals surface area contributed by atoms with Crippen LogP contribution in [-0.4, -0.2) is 25.0 Å². The maximum Gasteiger partial charge on any atom is 0.244 e. The van der Waals surface area contributed by atoms with Crippen molar-refractivity contribution in [3.8, 4) is 0 Å². The van der Waals surface area contributed by atoms with Crippen molar-refractivity contribution in [1.29, 1.82) is 0 Å². The van der Waals surface area contributed by atoms with E-state index in [4.69, 9.17) is 0 Å². The average Bonchev–Trinajstić information content (AvgIpc) is 2.99. The van der Waals surface area contributed by atoms with E-state index in [9.17, 15) is 4.79 Å². The third-order valence-electron chi connectivity index (χ3n) is 2.90. The summed E-state index contributed by atoms with van der Waals surface area (Å²) in [5.74, 6) is -0.00334. The second-order valence-corrected chi connectivity index (χ2v) is 5.20. The van der Waals surface area contributed by atoms with Gasteiger partial charge in [0.2, 0.25) is 5.91 Å². The van der Waals surface area contributed by atoms with E-state index in [1.54, 1.807) is 17.4 Å². The summed E-state index contributed by atoms with van der Waals surface area (Å²) in [5, 5.41) is 8.33. The molecule has 92 valence electrons. The minimum atomic E-state index is -0.00334. The quantitative estimate of drug-likeness (QED) is 0.785. The molecule has 17 heavy (non-hydrogen) atoms. The van der Waals surface area contributed by atoms with Crippen LogP contribution in [0.1, 0.15) is 24.1 Å². The monoisotopic (exact) mass is 250 g/mol. The number of thiophene rings is 1. The first kappa shape index (κ1) is 12.3. The Morgan fingerprint density at radius 2 is 2.59 bits per heavy atom. The molecule has 0 unspecified atom stereocenters. The SMILES string of the molecule is O=C(/C=C/c1cccs1)NCC[C@@H]1CCCN1. The van der Waals surface area contributed by atoms with E-state index in [1.165, 1.54) is 12.8 Å². The highest BCUT2D eigenvalue weighted by Crippen LogP contribution is 2.10. The molecule has 1 aromatic rings. The summed E-state index contributed by atoms with van der Waals surface area (Å²) in [4.78, 5) is 12.6. The highest BCUT2D eigenvalue weighted by atomic mass is 32.1. The molecule has 2 N–H and O–H groups in total. The molecule has 4 heteroatoms. The Morgan fingerprint density at radius 3 is 3.29 bits per heavy atom. The van der Waals surface area contributed by atoms with E-state index < -0.39 is 0 Å². The summed E-state index contributed by atoms with van der Waals surface area (Å²) in [6.07, 6.45) is 6.98. The molecule has 1 aromatic heterocycles. The number of rotatable bonds is 5. The summed E-state index contributed by atoms with van der Waals surface area (Å²) in [5.41, 5.74) is 0. The molecule has 0 radical (unpaired) electrons. The van der Waals surface area contributed by atoms with Crippen molar-refractivity contribution in [2.24, 2.45) is 0 Å². The third-order valence-corrected chi connectivity index (χ3v) is 3.73. The van der Waals surface area contributed by atoms with E-state index >= 15 is 0 Å². The molecular weight excluding hydrogens is 232 g/mol. The van der Waals surface area contributed by atoms with Crippen molar-refractivity contribution in [3.63, 3.8) is 0 Å². The van der Waals surface area contributed by atoms with Crippen LogP contribution in [0.5, 0.6) is 0 Å². The molecule has 3 nitrogen and oxygen atoms in total.